The lowest BCUT2D eigenvalue weighted by atomic mass is 9.92. The minimum atomic E-state index is -0.120. The molecule has 0 unspecified atom stereocenters. The van der Waals surface area contributed by atoms with Crippen molar-refractivity contribution >= 4 is 22.4 Å². The Morgan fingerprint density at radius 3 is 2.65 bits per heavy atom. The van der Waals surface area contributed by atoms with Gasteiger partial charge in [-0.3, -0.25) is 14.5 Å². The maximum atomic E-state index is 13.2. The van der Waals surface area contributed by atoms with Crippen LogP contribution in [0.3, 0.4) is 0 Å². The Morgan fingerprint density at radius 1 is 1.15 bits per heavy atom. The molecule has 2 aromatic heterocycles. The van der Waals surface area contributed by atoms with Crippen molar-refractivity contribution in [2.75, 3.05) is 39.0 Å². The number of likely N-dealkylation sites (N-methyl/N-ethyl adjacent to an activating group) is 1. The van der Waals surface area contributed by atoms with Crippen LogP contribution >= 0.6 is 0 Å². The second-order valence-corrected chi connectivity index (χ2v) is 6.56. The molecule has 3 aromatic rings. The fourth-order valence-electron chi connectivity index (χ4n) is 3.32. The summed E-state index contributed by atoms with van der Waals surface area (Å²) in [6, 6.07) is 3.92. The molecule has 0 atom stereocenters. The minimum Gasteiger partial charge on any atom is -0.383 e. The second-order valence-electron chi connectivity index (χ2n) is 6.56. The number of ketones is 1. The molecule has 0 saturated carbocycles. The number of nitrogens with zero attached hydrogens (tertiary/aromatic N) is 5. The Morgan fingerprint density at radius 2 is 1.92 bits per heavy atom. The fraction of sp³-hybridized carbons (Fsp3) is 0.333. The molecule has 0 radical (unpaired) electrons. The van der Waals surface area contributed by atoms with E-state index < -0.39 is 0 Å². The highest BCUT2D eigenvalue weighted by Gasteiger charge is 2.32. The first-order valence-electron chi connectivity index (χ1n) is 8.60. The molecular weight excluding hydrogens is 330 g/mol. The number of fused-ring (bicyclic) bond motifs is 2. The van der Waals surface area contributed by atoms with Crippen LogP contribution in [0.1, 0.15) is 16.1 Å². The third kappa shape index (κ3) is 2.54. The van der Waals surface area contributed by atoms with Crippen LogP contribution in [0.4, 0.5) is 5.69 Å². The van der Waals surface area contributed by atoms with E-state index in [0.717, 1.165) is 29.7 Å². The molecule has 26 heavy (non-hydrogen) atoms. The maximum absolute atomic E-state index is 13.2. The van der Waals surface area contributed by atoms with Crippen LogP contribution in [0, 0.1) is 0 Å². The smallest absolute Gasteiger partial charge is 0.216 e. The molecule has 1 aromatic carbocycles. The third-order valence-corrected chi connectivity index (χ3v) is 4.50. The quantitative estimate of drug-likeness (QED) is 0.534. The number of anilines is 1. The zero-order chi connectivity index (χ0) is 18.3. The number of carbonyl (C=O) groups is 1. The molecule has 1 aliphatic carbocycles. The van der Waals surface area contributed by atoms with Gasteiger partial charge >= 0.3 is 0 Å². The van der Waals surface area contributed by atoms with Crippen molar-refractivity contribution < 1.29 is 4.79 Å². The Kier molecular flexibility index (Phi) is 4.14. The Balaban J connectivity index is 1.92. The SMILES string of the molecule is CN(C)CCNc1ccc2c3c(nn2CCN)-c2nccnc2C(=O)c13. The molecule has 0 saturated heterocycles. The van der Waals surface area contributed by atoms with E-state index in [2.05, 4.69) is 25.3 Å². The molecule has 0 aliphatic heterocycles. The van der Waals surface area contributed by atoms with Gasteiger partial charge in [0.2, 0.25) is 5.78 Å². The fourth-order valence-corrected chi connectivity index (χ4v) is 3.32. The van der Waals surface area contributed by atoms with Gasteiger partial charge < -0.3 is 16.0 Å². The summed E-state index contributed by atoms with van der Waals surface area (Å²) in [5.74, 6) is -0.120. The third-order valence-electron chi connectivity index (χ3n) is 4.50. The first kappa shape index (κ1) is 16.6. The lowest BCUT2D eigenvalue weighted by molar-refractivity contribution is 0.103. The largest absolute Gasteiger partial charge is 0.383 e. The predicted molar refractivity (Wildman–Crippen MR) is 100 cm³/mol. The summed E-state index contributed by atoms with van der Waals surface area (Å²) in [4.78, 5) is 23.9. The Bertz CT molecular complexity index is 993. The van der Waals surface area contributed by atoms with Gasteiger partial charge in [0.05, 0.1) is 17.6 Å². The van der Waals surface area contributed by atoms with E-state index in [4.69, 9.17) is 5.73 Å². The molecule has 134 valence electrons. The summed E-state index contributed by atoms with van der Waals surface area (Å²) in [5.41, 5.74) is 9.62. The van der Waals surface area contributed by atoms with Gasteiger partial charge in [-0.25, -0.2) is 4.98 Å². The minimum absolute atomic E-state index is 0.120. The number of benzene rings is 1. The zero-order valence-electron chi connectivity index (χ0n) is 14.9. The van der Waals surface area contributed by atoms with Crippen LogP contribution in [0.2, 0.25) is 0 Å². The number of nitrogens with one attached hydrogen (secondary N) is 1. The van der Waals surface area contributed by atoms with E-state index in [1.807, 2.05) is 30.9 Å². The standard InChI is InChI=1S/C18H21N7O/c1-24(2)10-8-20-11-3-4-12-14-13(11)18(26)17-16(21-6-7-22-17)15(14)23-25(12)9-5-19/h3-4,6-7,20H,5,8-10,19H2,1-2H3. The predicted octanol–water partition coefficient (Wildman–Crippen LogP) is 0.970. The van der Waals surface area contributed by atoms with Crippen LogP contribution in [0.5, 0.6) is 0 Å². The van der Waals surface area contributed by atoms with Gasteiger partial charge in [-0.1, -0.05) is 0 Å². The molecule has 4 rings (SSSR count). The topological polar surface area (TPSA) is 102 Å². The van der Waals surface area contributed by atoms with E-state index in [-0.39, 0.29) is 5.78 Å². The summed E-state index contributed by atoms with van der Waals surface area (Å²) >= 11 is 0. The van der Waals surface area contributed by atoms with Crippen molar-refractivity contribution in [2.24, 2.45) is 5.73 Å². The summed E-state index contributed by atoms with van der Waals surface area (Å²) < 4.78 is 1.84. The zero-order valence-corrected chi connectivity index (χ0v) is 14.9. The van der Waals surface area contributed by atoms with Crippen molar-refractivity contribution in [2.45, 2.75) is 6.54 Å². The van der Waals surface area contributed by atoms with Gasteiger partial charge in [0, 0.05) is 43.1 Å². The molecule has 2 heterocycles. The molecule has 8 heteroatoms. The summed E-state index contributed by atoms with van der Waals surface area (Å²) in [7, 11) is 4.03. The number of hydrogen-bond acceptors (Lipinski definition) is 7. The normalized spacial score (nSPS) is 12.7. The van der Waals surface area contributed by atoms with E-state index >= 15 is 0 Å². The number of hydrogen-bond donors (Lipinski definition) is 2. The number of carbonyl (C=O) groups excluding carboxylic acids is 1. The number of rotatable bonds is 6. The van der Waals surface area contributed by atoms with Crippen LogP contribution in [-0.2, 0) is 6.54 Å². The van der Waals surface area contributed by atoms with E-state index in [1.165, 1.54) is 6.20 Å². The molecule has 0 fully saturated rings. The van der Waals surface area contributed by atoms with Crippen LogP contribution < -0.4 is 11.1 Å². The molecule has 1 aliphatic rings. The van der Waals surface area contributed by atoms with Crippen molar-refractivity contribution in [3.63, 3.8) is 0 Å². The summed E-state index contributed by atoms with van der Waals surface area (Å²) in [6.45, 7) is 2.64. The van der Waals surface area contributed by atoms with Crippen molar-refractivity contribution in [3.8, 4) is 11.4 Å². The van der Waals surface area contributed by atoms with Crippen LogP contribution in [0.25, 0.3) is 22.3 Å². The van der Waals surface area contributed by atoms with Crippen molar-refractivity contribution in [3.05, 3.63) is 35.8 Å². The van der Waals surface area contributed by atoms with Gasteiger partial charge in [-0.15, -0.1) is 0 Å². The highest BCUT2D eigenvalue weighted by atomic mass is 16.1. The molecular formula is C18H21N7O. The van der Waals surface area contributed by atoms with E-state index in [0.29, 0.717) is 35.7 Å². The van der Waals surface area contributed by atoms with Gasteiger partial charge in [0.1, 0.15) is 17.1 Å². The van der Waals surface area contributed by atoms with Gasteiger partial charge in [0.15, 0.2) is 0 Å². The van der Waals surface area contributed by atoms with Gasteiger partial charge in [0.25, 0.3) is 0 Å². The maximum Gasteiger partial charge on any atom is 0.216 e. The van der Waals surface area contributed by atoms with Gasteiger partial charge in [-0.05, 0) is 26.2 Å². The Labute approximate surface area is 151 Å². The van der Waals surface area contributed by atoms with Gasteiger partial charge in [-0.2, -0.15) is 5.10 Å². The molecule has 0 amide bonds. The molecule has 0 spiro atoms. The lowest BCUT2D eigenvalue weighted by Gasteiger charge is -2.18. The second kappa shape index (κ2) is 6.47. The summed E-state index contributed by atoms with van der Waals surface area (Å²) in [5, 5.41) is 8.89. The highest BCUT2D eigenvalue weighted by molar-refractivity contribution is 6.26. The number of aromatic nitrogens is 4. The first-order chi connectivity index (χ1) is 12.6. The van der Waals surface area contributed by atoms with Crippen LogP contribution in [0.15, 0.2) is 24.5 Å². The first-order valence-corrected chi connectivity index (χ1v) is 8.60. The monoisotopic (exact) mass is 351 g/mol. The average Bonchev–Trinajstić information content (AvgIpc) is 2.99. The average molecular weight is 351 g/mol. The van der Waals surface area contributed by atoms with Crippen LogP contribution in [-0.4, -0.2) is 64.2 Å². The molecule has 0 bridgehead atoms. The molecule has 3 N–H and O–H groups in total. The van der Waals surface area contributed by atoms with Crippen molar-refractivity contribution in [1.29, 1.82) is 0 Å². The van der Waals surface area contributed by atoms with E-state index in [9.17, 15) is 4.79 Å². The van der Waals surface area contributed by atoms with Crippen molar-refractivity contribution in [1.82, 2.24) is 24.6 Å². The lowest BCUT2D eigenvalue weighted by Crippen LogP contribution is -2.22. The van der Waals surface area contributed by atoms with E-state index in [1.54, 1.807) is 6.20 Å². The highest BCUT2D eigenvalue weighted by Crippen LogP contribution is 2.40. The number of nitrogens with two attached hydrogens (primary N) is 1. The molecule has 8 nitrogen and oxygen atoms in total. The Hall–Kier alpha value is -2.84. The summed E-state index contributed by atoms with van der Waals surface area (Å²) in [6.07, 6.45) is 3.13.